The van der Waals surface area contributed by atoms with E-state index in [1.807, 2.05) is 60.7 Å². The number of hydrogen-bond donors (Lipinski definition) is 0. The second-order valence-corrected chi connectivity index (χ2v) is 12.1. The first-order chi connectivity index (χ1) is 23.3. The number of rotatable bonds is 4. The summed E-state index contributed by atoms with van der Waals surface area (Å²) >= 11 is 0. The molecule has 0 bridgehead atoms. The lowest BCUT2D eigenvalue weighted by molar-refractivity contribution is 1.07. The number of aromatic nitrogens is 4. The number of hydrogen-bond acceptors (Lipinski definition) is 3. The smallest absolute Gasteiger partial charge is 0.164 e. The van der Waals surface area contributed by atoms with Crippen molar-refractivity contribution in [1.29, 1.82) is 0 Å². The summed E-state index contributed by atoms with van der Waals surface area (Å²) < 4.78 is 2.39. The number of nitrogens with zero attached hydrogens (tertiary/aromatic N) is 4. The molecule has 4 heteroatoms. The second-order valence-electron chi connectivity index (χ2n) is 12.1. The molecule has 0 aliphatic rings. The van der Waals surface area contributed by atoms with Gasteiger partial charge in [-0.3, -0.25) is 0 Å². The average molecular weight is 599 g/mol. The van der Waals surface area contributed by atoms with Gasteiger partial charge in [0.25, 0.3) is 0 Å². The lowest BCUT2D eigenvalue weighted by atomic mass is 9.92. The monoisotopic (exact) mass is 598 g/mol. The Labute approximate surface area is 270 Å². The molecule has 0 aliphatic heterocycles. The molecule has 0 fully saturated rings. The second kappa shape index (κ2) is 10.1. The van der Waals surface area contributed by atoms with Crippen LogP contribution in [-0.4, -0.2) is 19.5 Å². The molecule has 0 radical (unpaired) electrons. The van der Waals surface area contributed by atoms with Crippen LogP contribution >= 0.6 is 0 Å². The summed E-state index contributed by atoms with van der Waals surface area (Å²) in [6.45, 7) is 0. The van der Waals surface area contributed by atoms with Gasteiger partial charge in [-0.2, -0.15) is 0 Å². The highest BCUT2D eigenvalue weighted by Crippen LogP contribution is 2.44. The highest BCUT2D eigenvalue weighted by molar-refractivity contribution is 6.33. The van der Waals surface area contributed by atoms with Gasteiger partial charge >= 0.3 is 0 Å². The molecule has 2 aromatic heterocycles. The molecule has 0 atom stereocenters. The minimum atomic E-state index is 0.651. The maximum absolute atomic E-state index is 5.05. The fraction of sp³-hybridized carbons (Fsp3) is 0. The summed E-state index contributed by atoms with van der Waals surface area (Å²) in [6, 6.07) is 55.6. The third kappa shape index (κ3) is 3.98. The molecule has 10 rings (SSSR count). The first-order valence-corrected chi connectivity index (χ1v) is 15.9. The first kappa shape index (κ1) is 25.9. The predicted octanol–water partition coefficient (Wildman–Crippen LogP) is 10.9. The standard InChI is InChI=1S/C43H26N4/c1-4-11-29(12-5-1)41-44-42(30-13-6-2-7-14-30)46-43(45-41)32-22-24-36-35(25-32)40-34-23-21-28-16-10-15-27-19-20-31(39(34)38(27)28)26-37(40)47(36)33-17-8-3-9-18-33/h1-26H. The molecule has 0 spiro atoms. The Morgan fingerprint density at radius 2 is 0.915 bits per heavy atom. The highest BCUT2D eigenvalue weighted by atomic mass is 15.0. The molecule has 4 nitrogen and oxygen atoms in total. The maximum Gasteiger partial charge on any atom is 0.164 e. The van der Waals surface area contributed by atoms with Crippen LogP contribution in [0.5, 0.6) is 0 Å². The van der Waals surface area contributed by atoms with E-state index in [0.717, 1.165) is 27.9 Å². The Balaban J connectivity index is 1.30. The normalized spacial score (nSPS) is 11.8. The zero-order chi connectivity index (χ0) is 30.9. The Bertz CT molecular complexity index is 2690. The zero-order valence-electron chi connectivity index (χ0n) is 25.3. The van der Waals surface area contributed by atoms with Crippen LogP contribution in [0.25, 0.3) is 94.0 Å². The summed E-state index contributed by atoms with van der Waals surface area (Å²) in [5.41, 5.74) is 6.32. The predicted molar refractivity (Wildman–Crippen MR) is 194 cm³/mol. The van der Waals surface area contributed by atoms with Crippen molar-refractivity contribution in [2.45, 2.75) is 0 Å². The van der Waals surface area contributed by atoms with Crippen LogP contribution in [0.4, 0.5) is 0 Å². The molecular formula is C43H26N4. The fourth-order valence-corrected chi connectivity index (χ4v) is 7.25. The Hall–Kier alpha value is -6.39. The van der Waals surface area contributed by atoms with Crippen LogP contribution in [0.15, 0.2) is 158 Å². The van der Waals surface area contributed by atoms with Crippen molar-refractivity contribution in [3.63, 3.8) is 0 Å². The largest absolute Gasteiger partial charge is 0.309 e. The van der Waals surface area contributed by atoms with Crippen LogP contribution in [0.3, 0.4) is 0 Å². The third-order valence-corrected chi connectivity index (χ3v) is 9.35. The van der Waals surface area contributed by atoms with E-state index in [9.17, 15) is 0 Å². The van der Waals surface area contributed by atoms with Gasteiger partial charge in [0.2, 0.25) is 0 Å². The summed E-state index contributed by atoms with van der Waals surface area (Å²) in [5, 5.41) is 10.1. The highest BCUT2D eigenvalue weighted by Gasteiger charge is 2.20. The van der Waals surface area contributed by atoms with Crippen molar-refractivity contribution in [2.75, 3.05) is 0 Å². The molecule has 47 heavy (non-hydrogen) atoms. The van der Waals surface area contributed by atoms with Gasteiger partial charge in [-0.05, 0) is 68.7 Å². The fourth-order valence-electron chi connectivity index (χ4n) is 7.25. The molecule has 8 aromatic carbocycles. The summed E-state index contributed by atoms with van der Waals surface area (Å²) in [5.74, 6) is 1.96. The van der Waals surface area contributed by atoms with Crippen molar-refractivity contribution >= 4 is 54.1 Å². The molecule has 0 saturated heterocycles. The van der Waals surface area contributed by atoms with E-state index < -0.39 is 0 Å². The summed E-state index contributed by atoms with van der Waals surface area (Å²) in [6.07, 6.45) is 0. The molecular weight excluding hydrogens is 573 g/mol. The van der Waals surface area contributed by atoms with Crippen LogP contribution in [0.1, 0.15) is 0 Å². The number of benzene rings is 8. The van der Waals surface area contributed by atoms with Crippen molar-refractivity contribution in [3.05, 3.63) is 158 Å². The van der Waals surface area contributed by atoms with Crippen molar-refractivity contribution in [2.24, 2.45) is 0 Å². The van der Waals surface area contributed by atoms with Gasteiger partial charge in [-0.1, -0.05) is 121 Å². The number of fused-ring (bicyclic) bond motifs is 4. The summed E-state index contributed by atoms with van der Waals surface area (Å²) in [7, 11) is 0. The topological polar surface area (TPSA) is 43.6 Å². The minimum Gasteiger partial charge on any atom is -0.309 e. The molecule has 0 aliphatic carbocycles. The van der Waals surface area contributed by atoms with E-state index in [1.165, 1.54) is 48.6 Å². The lowest BCUT2D eigenvalue weighted by Gasteiger charge is -2.13. The van der Waals surface area contributed by atoms with Gasteiger partial charge in [-0.25, -0.2) is 15.0 Å². The molecule has 0 saturated carbocycles. The Kier molecular flexibility index (Phi) is 5.54. The van der Waals surface area contributed by atoms with Gasteiger partial charge < -0.3 is 4.57 Å². The zero-order valence-corrected chi connectivity index (χ0v) is 25.3. The van der Waals surface area contributed by atoms with Crippen molar-refractivity contribution < 1.29 is 0 Å². The van der Waals surface area contributed by atoms with E-state index in [4.69, 9.17) is 15.0 Å². The van der Waals surface area contributed by atoms with E-state index in [1.54, 1.807) is 0 Å². The van der Waals surface area contributed by atoms with E-state index in [-0.39, 0.29) is 0 Å². The van der Waals surface area contributed by atoms with E-state index in [2.05, 4.69) is 102 Å². The SMILES string of the molecule is c1ccc(-c2nc(-c3ccccc3)nc(-c3ccc4c(c3)c3c5ccc6cccc7ccc(cc3n4-c3ccccc3)c5c76)n2)cc1. The third-order valence-electron chi connectivity index (χ3n) is 9.35. The maximum atomic E-state index is 5.05. The van der Waals surface area contributed by atoms with Crippen LogP contribution in [-0.2, 0) is 0 Å². The van der Waals surface area contributed by atoms with E-state index >= 15 is 0 Å². The molecule has 2 heterocycles. The molecule has 0 amide bonds. The van der Waals surface area contributed by atoms with E-state index in [0.29, 0.717) is 17.5 Å². The van der Waals surface area contributed by atoms with Gasteiger partial charge in [0.05, 0.1) is 11.0 Å². The minimum absolute atomic E-state index is 0.651. The molecule has 0 unspecified atom stereocenters. The molecule has 10 aromatic rings. The lowest BCUT2D eigenvalue weighted by Crippen LogP contribution is -2.00. The van der Waals surface area contributed by atoms with Crippen molar-refractivity contribution in [1.82, 2.24) is 19.5 Å². The van der Waals surface area contributed by atoms with Crippen LogP contribution in [0, 0.1) is 0 Å². The van der Waals surface area contributed by atoms with Crippen LogP contribution in [0.2, 0.25) is 0 Å². The Morgan fingerprint density at radius 3 is 1.57 bits per heavy atom. The average Bonchev–Trinajstić information content (AvgIpc) is 3.48. The molecule has 0 N–H and O–H groups in total. The first-order valence-electron chi connectivity index (χ1n) is 15.9. The van der Waals surface area contributed by atoms with Gasteiger partial charge in [-0.15, -0.1) is 0 Å². The van der Waals surface area contributed by atoms with Gasteiger partial charge in [0.15, 0.2) is 17.5 Å². The van der Waals surface area contributed by atoms with Gasteiger partial charge in [0.1, 0.15) is 0 Å². The molecule has 218 valence electrons. The van der Waals surface area contributed by atoms with Gasteiger partial charge in [0, 0.05) is 33.2 Å². The Morgan fingerprint density at radius 1 is 0.340 bits per heavy atom. The quantitative estimate of drug-likeness (QED) is 0.189. The number of para-hydroxylation sites is 1. The summed E-state index contributed by atoms with van der Waals surface area (Å²) in [4.78, 5) is 15.0. The van der Waals surface area contributed by atoms with Crippen molar-refractivity contribution in [3.8, 4) is 39.9 Å². The van der Waals surface area contributed by atoms with Crippen LogP contribution < -0.4 is 0 Å².